The van der Waals surface area contributed by atoms with Crippen LogP contribution in [0.4, 0.5) is 0 Å². The molecule has 0 atom stereocenters. The highest BCUT2D eigenvalue weighted by atomic mass is 35.5. The van der Waals surface area contributed by atoms with Crippen molar-refractivity contribution in [1.29, 1.82) is 0 Å². The predicted molar refractivity (Wildman–Crippen MR) is 89.4 cm³/mol. The Labute approximate surface area is 149 Å². The molecule has 0 saturated carbocycles. The summed E-state index contributed by atoms with van der Waals surface area (Å²) in [4.78, 5) is 12.1. The Morgan fingerprint density at radius 1 is 1.22 bits per heavy atom. The van der Waals surface area contributed by atoms with Gasteiger partial charge in [0.1, 0.15) is 5.75 Å². The molecule has 1 amide bonds. The van der Waals surface area contributed by atoms with Crippen molar-refractivity contribution in [3.05, 3.63) is 29.3 Å². The topological polar surface area (TPSA) is 50.4 Å². The van der Waals surface area contributed by atoms with Gasteiger partial charge in [-0.3, -0.25) is 4.79 Å². The molecule has 2 N–H and O–H groups in total. The maximum Gasteiger partial charge on any atom is 0.258 e. The molecule has 130 valence electrons. The van der Waals surface area contributed by atoms with E-state index in [1.807, 2.05) is 0 Å². The molecule has 1 heterocycles. The van der Waals surface area contributed by atoms with Gasteiger partial charge in [0.25, 0.3) is 5.91 Å². The molecule has 2 rings (SSSR count). The van der Waals surface area contributed by atoms with Gasteiger partial charge < -0.3 is 27.8 Å². The van der Waals surface area contributed by atoms with E-state index in [1.165, 1.54) is 0 Å². The van der Waals surface area contributed by atoms with Crippen LogP contribution in [-0.4, -0.2) is 29.6 Å². The Balaban J connectivity index is 0.00000264. The lowest BCUT2D eigenvalue weighted by molar-refractivity contribution is -0.124. The van der Waals surface area contributed by atoms with Crippen molar-refractivity contribution in [2.75, 3.05) is 6.61 Å². The third-order valence-electron chi connectivity index (χ3n) is 3.74. The van der Waals surface area contributed by atoms with Gasteiger partial charge in [0.2, 0.25) is 0 Å². The molecular weight excluding hydrogens is 335 g/mol. The Morgan fingerprint density at radius 3 is 2.26 bits per heavy atom. The lowest BCUT2D eigenvalue weighted by atomic mass is 9.79. The van der Waals surface area contributed by atoms with Crippen molar-refractivity contribution in [2.24, 2.45) is 0 Å². The number of piperidine rings is 1. The molecule has 0 unspecified atom stereocenters. The lowest BCUT2D eigenvalue weighted by Crippen LogP contribution is -3.00. The first kappa shape index (κ1) is 20.1. The molecule has 0 bridgehead atoms. The van der Waals surface area contributed by atoms with Crippen molar-refractivity contribution in [3.63, 3.8) is 0 Å². The molecule has 4 nitrogen and oxygen atoms in total. The van der Waals surface area contributed by atoms with Crippen molar-refractivity contribution in [2.45, 2.75) is 57.7 Å². The second-order valence-corrected chi connectivity index (χ2v) is 7.74. The van der Waals surface area contributed by atoms with Crippen LogP contribution in [0, 0.1) is 0 Å². The molecule has 0 spiro atoms. The zero-order valence-electron chi connectivity index (χ0n) is 14.1. The summed E-state index contributed by atoms with van der Waals surface area (Å²) < 4.78 is 5.48. The molecule has 1 saturated heterocycles. The highest BCUT2D eigenvalue weighted by Gasteiger charge is 2.38. The number of rotatable bonds is 4. The Morgan fingerprint density at radius 2 is 1.74 bits per heavy atom. The molecule has 0 aromatic heterocycles. The quantitative estimate of drug-likeness (QED) is 0.804. The maximum atomic E-state index is 12.1. The molecule has 6 heteroatoms. The summed E-state index contributed by atoms with van der Waals surface area (Å²) >= 11 is 5.82. The fraction of sp³-hybridized carbons (Fsp3) is 0.588. The van der Waals surface area contributed by atoms with Crippen molar-refractivity contribution >= 4 is 17.5 Å². The second kappa shape index (κ2) is 7.73. The summed E-state index contributed by atoms with van der Waals surface area (Å²) in [6, 6.07) is 7.16. The van der Waals surface area contributed by atoms with Gasteiger partial charge in [-0.05, 0) is 64.8 Å². The normalized spacial score (nSPS) is 19.5. The SMILES string of the molecule is CC1(C)CC(NC(=O)COc2ccc(Cl)cc2)CC(C)(C)N1.[Cl-]. The van der Waals surface area contributed by atoms with E-state index in [4.69, 9.17) is 16.3 Å². The molecule has 23 heavy (non-hydrogen) atoms. The van der Waals surface area contributed by atoms with E-state index in [2.05, 4.69) is 38.3 Å². The zero-order chi connectivity index (χ0) is 16.4. The van der Waals surface area contributed by atoms with Crippen LogP contribution in [0.5, 0.6) is 5.75 Å². The predicted octanol–water partition coefficient (Wildman–Crippen LogP) is 0.148. The minimum absolute atomic E-state index is 0. The number of benzene rings is 1. The van der Waals surface area contributed by atoms with E-state index in [-0.39, 0.29) is 42.0 Å². The fourth-order valence-corrected chi connectivity index (χ4v) is 3.50. The molecule has 1 aromatic carbocycles. The smallest absolute Gasteiger partial charge is 0.258 e. The average molecular weight is 360 g/mol. The summed E-state index contributed by atoms with van der Waals surface area (Å²) in [5, 5.41) is 7.33. The first-order valence-corrected chi connectivity index (χ1v) is 8.00. The van der Waals surface area contributed by atoms with Crippen LogP contribution in [0.3, 0.4) is 0 Å². The molecule has 1 aliphatic rings. The van der Waals surface area contributed by atoms with Gasteiger partial charge in [0, 0.05) is 22.1 Å². The second-order valence-electron chi connectivity index (χ2n) is 7.31. The third kappa shape index (κ3) is 6.58. The number of hydrogen-bond acceptors (Lipinski definition) is 3. The summed E-state index contributed by atoms with van der Waals surface area (Å²) in [5.74, 6) is 0.555. The fourth-order valence-electron chi connectivity index (χ4n) is 3.37. The maximum absolute atomic E-state index is 12.1. The Hall–Kier alpha value is -0.970. The van der Waals surface area contributed by atoms with Gasteiger partial charge >= 0.3 is 0 Å². The molecular formula is C17H25Cl2N2O2-. The number of amides is 1. The van der Waals surface area contributed by atoms with Crippen molar-refractivity contribution in [1.82, 2.24) is 10.6 Å². The van der Waals surface area contributed by atoms with Crippen LogP contribution in [0.1, 0.15) is 40.5 Å². The molecule has 1 aliphatic heterocycles. The van der Waals surface area contributed by atoms with E-state index in [0.717, 1.165) is 12.8 Å². The van der Waals surface area contributed by atoms with Gasteiger partial charge in [0.15, 0.2) is 6.61 Å². The van der Waals surface area contributed by atoms with Gasteiger partial charge in [-0.2, -0.15) is 0 Å². The highest BCUT2D eigenvalue weighted by Crippen LogP contribution is 2.28. The Bertz CT molecular complexity index is 514. The minimum Gasteiger partial charge on any atom is -1.00 e. The number of ether oxygens (including phenoxy) is 1. The van der Waals surface area contributed by atoms with Gasteiger partial charge in [0.05, 0.1) is 0 Å². The summed E-state index contributed by atoms with van der Waals surface area (Å²) in [7, 11) is 0. The number of halogens is 2. The highest BCUT2D eigenvalue weighted by molar-refractivity contribution is 6.30. The number of carbonyl (C=O) groups excluding carboxylic acids is 1. The molecule has 1 fully saturated rings. The van der Waals surface area contributed by atoms with E-state index in [1.54, 1.807) is 24.3 Å². The van der Waals surface area contributed by atoms with Crippen LogP contribution in [0.15, 0.2) is 24.3 Å². The first-order valence-electron chi connectivity index (χ1n) is 7.62. The number of carbonyl (C=O) groups is 1. The number of hydrogen-bond donors (Lipinski definition) is 2. The minimum atomic E-state index is -0.0894. The zero-order valence-corrected chi connectivity index (χ0v) is 15.6. The Kier molecular flexibility index (Phi) is 6.75. The van der Waals surface area contributed by atoms with Crippen LogP contribution in [0.25, 0.3) is 0 Å². The van der Waals surface area contributed by atoms with E-state index >= 15 is 0 Å². The van der Waals surface area contributed by atoms with Crippen molar-refractivity contribution < 1.29 is 21.9 Å². The summed E-state index contributed by atoms with van der Waals surface area (Å²) in [5.41, 5.74) is 0.0213. The van der Waals surface area contributed by atoms with E-state index in [0.29, 0.717) is 10.8 Å². The summed E-state index contributed by atoms with van der Waals surface area (Å²) in [6.45, 7) is 8.68. The average Bonchev–Trinajstić information content (AvgIpc) is 2.34. The molecule has 0 aliphatic carbocycles. The van der Waals surface area contributed by atoms with Crippen LogP contribution in [-0.2, 0) is 4.79 Å². The number of nitrogens with one attached hydrogen (secondary N) is 2. The van der Waals surface area contributed by atoms with Crippen molar-refractivity contribution in [3.8, 4) is 5.75 Å². The van der Waals surface area contributed by atoms with Gasteiger partial charge in [-0.25, -0.2) is 0 Å². The van der Waals surface area contributed by atoms with E-state index < -0.39 is 0 Å². The molecule has 1 aromatic rings. The van der Waals surface area contributed by atoms with Crippen LogP contribution >= 0.6 is 11.6 Å². The molecule has 0 radical (unpaired) electrons. The third-order valence-corrected chi connectivity index (χ3v) is 3.99. The van der Waals surface area contributed by atoms with Crippen LogP contribution in [0.2, 0.25) is 5.02 Å². The first-order chi connectivity index (χ1) is 10.2. The largest absolute Gasteiger partial charge is 1.00 e. The van der Waals surface area contributed by atoms with E-state index in [9.17, 15) is 4.79 Å². The van der Waals surface area contributed by atoms with Crippen LogP contribution < -0.4 is 27.8 Å². The van der Waals surface area contributed by atoms with Gasteiger partial charge in [-0.1, -0.05) is 11.6 Å². The summed E-state index contributed by atoms with van der Waals surface area (Å²) in [6.07, 6.45) is 1.81. The van der Waals surface area contributed by atoms with Gasteiger partial charge in [-0.15, -0.1) is 0 Å². The lowest BCUT2D eigenvalue weighted by Gasteiger charge is -2.46. The monoisotopic (exact) mass is 359 g/mol. The standard InChI is InChI=1S/C17H25ClN2O2.ClH/c1-16(2)9-13(10-17(3,4)20-16)19-15(21)11-22-14-7-5-12(18)6-8-14;/h5-8,13,20H,9-11H2,1-4H3,(H,19,21);1H/p-1.